The van der Waals surface area contributed by atoms with Crippen molar-refractivity contribution in [3.63, 3.8) is 0 Å². The van der Waals surface area contributed by atoms with Gasteiger partial charge in [-0.3, -0.25) is 4.79 Å². The van der Waals surface area contributed by atoms with Gasteiger partial charge in [0.05, 0.1) is 5.02 Å². The fraction of sp³-hybridized carbons (Fsp3) is 0.188. The summed E-state index contributed by atoms with van der Waals surface area (Å²) in [6, 6.07) is 7.56. The van der Waals surface area contributed by atoms with Crippen LogP contribution in [-0.2, 0) is 6.54 Å². The Labute approximate surface area is 168 Å². The van der Waals surface area contributed by atoms with E-state index in [9.17, 15) is 9.90 Å². The number of phenols is 1. The van der Waals surface area contributed by atoms with Crippen molar-refractivity contribution >= 4 is 53.8 Å². The molecule has 2 rings (SSSR count). The zero-order chi connectivity index (χ0) is 17.0. The predicted molar refractivity (Wildman–Crippen MR) is 105 cm³/mol. The van der Waals surface area contributed by atoms with Gasteiger partial charge in [-0.05, 0) is 30.3 Å². The fourth-order valence-electron chi connectivity index (χ4n) is 2.03. The Bertz CT molecular complexity index is 742. The first-order valence-corrected chi connectivity index (χ1v) is 7.62. The number of benzene rings is 2. The Morgan fingerprint density at radius 2 is 1.76 bits per heavy atom. The summed E-state index contributed by atoms with van der Waals surface area (Å²) in [5.41, 5.74) is 12.0. The summed E-state index contributed by atoms with van der Waals surface area (Å²) >= 11 is 12.3. The lowest BCUT2D eigenvalue weighted by Gasteiger charge is -2.11. The molecular weight excluding hydrogens is 410 g/mol. The topological polar surface area (TPSA) is 98.6 Å². The van der Waals surface area contributed by atoms with Gasteiger partial charge < -0.3 is 21.3 Å². The molecule has 0 amide bonds. The van der Waals surface area contributed by atoms with Gasteiger partial charge in [-0.25, -0.2) is 0 Å². The minimum atomic E-state index is -0.322. The Balaban J connectivity index is 0.00000288. The van der Waals surface area contributed by atoms with E-state index < -0.39 is 0 Å². The van der Waals surface area contributed by atoms with E-state index in [1.54, 1.807) is 6.07 Å². The molecule has 0 unspecified atom stereocenters. The number of ketones is 1. The first kappa shape index (κ1) is 23.8. The SMILES string of the molecule is Cl.Cl.NCCOc1ccc(C(=O)c2ccc(O)c(CN)c2)c(Cl)c1Cl. The molecule has 0 spiro atoms. The molecule has 5 nitrogen and oxygen atoms in total. The molecular formula is C16H18Cl4N2O3. The van der Waals surface area contributed by atoms with Gasteiger partial charge in [0, 0.05) is 29.8 Å². The highest BCUT2D eigenvalue weighted by Gasteiger charge is 2.18. The third-order valence-corrected chi connectivity index (χ3v) is 4.09. The maximum absolute atomic E-state index is 12.6. The monoisotopic (exact) mass is 426 g/mol. The third-order valence-electron chi connectivity index (χ3n) is 3.23. The minimum absolute atomic E-state index is 0. The number of ether oxygens (including phenoxy) is 1. The van der Waals surface area contributed by atoms with E-state index in [2.05, 4.69) is 0 Å². The van der Waals surface area contributed by atoms with Crippen molar-refractivity contribution in [1.29, 1.82) is 0 Å². The smallest absolute Gasteiger partial charge is 0.194 e. The summed E-state index contributed by atoms with van der Waals surface area (Å²) in [4.78, 5) is 12.6. The number of rotatable bonds is 6. The van der Waals surface area contributed by atoms with Crippen molar-refractivity contribution in [2.75, 3.05) is 13.2 Å². The number of aromatic hydroxyl groups is 1. The van der Waals surface area contributed by atoms with Gasteiger partial charge in [0.2, 0.25) is 0 Å². The zero-order valence-electron chi connectivity index (χ0n) is 13.0. The highest BCUT2D eigenvalue weighted by molar-refractivity contribution is 6.45. The molecule has 0 radical (unpaired) electrons. The van der Waals surface area contributed by atoms with Crippen LogP contribution in [0.25, 0.3) is 0 Å². The van der Waals surface area contributed by atoms with Crippen LogP contribution in [0, 0.1) is 0 Å². The minimum Gasteiger partial charge on any atom is -0.508 e. The van der Waals surface area contributed by atoms with Crippen LogP contribution < -0.4 is 16.2 Å². The van der Waals surface area contributed by atoms with E-state index in [4.69, 9.17) is 39.4 Å². The molecule has 0 saturated heterocycles. The quantitative estimate of drug-likeness (QED) is 0.612. The van der Waals surface area contributed by atoms with Gasteiger partial charge in [-0.15, -0.1) is 24.8 Å². The van der Waals surface area contributed by atoms with Crippen LogP contribution in [0.1, 0.15) is 21.5 Å². The molecule has 0 bridgehead atoms. The molecule has 0 aliphatic carbocycles. The van der Waals surface area contributed by atoms with Gasteiger partial charge >= 0.3 is 0 Å². The van der Waals surface area contributed by atoms with Crippen molar-refractivity contribution < 1.29 is 14.6 Å². The van der Waals surface area contributed by atoms with Gasteiger partial charge in [-0.1, -0.05) is 23.2 Å². The van der Waals surface area contributed by atoms with E-state index in [0.29, 0.717) is 30.0 Å². The molecule has 0 aliphatic heterocycles. The third kappa shape index (κ3) is 5.38. The molecule has 0 atom stereocenters. The van der Waals surface area contributed by atoms with Gasteiger partial charge in [0.25, 0.3) is 0 Å². The fourth-order valence-corrected chi connectivity index (χ4v) is 2.49. The average Bonchev–Trinajstić information content (AvgIpc) is 2.56. The highest BCUT2D eigenvalue weighted by atomic mass is 35.5. The number of carbonyl (C=O) groups is 1. The van der Waals surface area contributed by atoms with Crippen molar-refractivity contribution in [3.05, 3.63) is 57.1 Å². The molecule has 0 fully saturated rings. The van der Waals surface area contributed by atoms with Crippen LogP contribution in [0.5, 0.6) is 11.5 Å². The summed E-state index contributed by atoms with van der Waals surface area (Å²) in [6.07, 6.45) is 0. The van der Waals surface area contributed by atoms with E-state index >= 15 is 0 Å². The first-order valence-electron chi connectivity index (χ1n) is 6.87. The maximum Gasteiger partial charge on any atom is 0.194 e. The van der Waals surface area contributed by atoms with Crippen molar-refractivity contribution in [2.24, 2.45) is 11.5 Å². The van der Waals surface area contributed by atoms with Crippen LogP contribution in [0.4, 0.5) is 0 Å². The molecule has 5 N–H and O–H groups in total. The lowest BCUT2D eigenvalue weighted by molar-refractivity contribution is 0.103. The van der Waals surface area contributed by atoms with Crippen LogP contribution in [0.2, 0.25) is 10.0 Å². The molecule has 0 aliphatic rings. The number of nitrogens with two attached hydrogens (primary N) is 2. The van der Waals surface area contributed by atoms with E-state index in [-0.39, 0.29) is 58.5 Å². The van der Waals surface area contributed by atoms with Gasteiger partial charge in [0.1, 0.15) is 23.1 Å². The van der Waals surface area contributed by atoms with E-state index in [0.717, 1.165) is 0 Å². The second kappa shape index (κ2) is 10.7. The van der Waals surface area contributed by atoms with E-state index in [1.165, 1.54) is 24.3 Å². The van der Waals surface area contributed by atoms with Crippen molar-refractivity contribution in [3.8, 4) is 11.5 Å². The second-order valence-corrected chi connectivity index (χ2v) is 5.51. The van der Waals surface area contributed by atoms with Crippen LogP contribution >= 0.6 is 48.0 Å². The lowest BCUT2D eigenvalue weighted by Crippen LogP contribution is -2.11. The molecule has 2 aromatic carbocycles. The first-order chi connectivity index (χ1) is 11.0. The number of phenolic OH excluding ortho intramolecular Hbond substituents is 1. The van der Waals surface area contributed by atoms with Crippen LogP contribution in [0.15, 0.2) is 30.3 Å². The number of hydrogen-bond acceptors (Lipinski definition) is 5. The Morgan fingerprint density at radius 1 is 1.08 bits per heavy atom. The molecule has 0 heterocycles. The van der Waals surface area contributed by atoms with E-state index in [1.807, 2.05) is 0 Å². The second-order valence-electron chi connectivity index (χ2n) is 4.75. The molecule has 138 valence electrons. The highest BCUT2D eigenvalue weighted by Crippen LogP contribution is 2.36. The largest absolute Gasteiger partial charge is 0.508 e. The predicted octanol–water partition coefficient (Wildman–Crippen LogP) is 3.57. The summed E-state index contributed by atoms with van der Waals surface area (Å²) in [6.45, 7) is 0.748. The van der Waals surface area contributed by atoms with Gasteiger partial charge in [0.15, 0.2) is 5.78 Å². The van der Waals surface area contributed by atoms with Crippen molar-refractivity contribution in [1.82, 2.24) is 0 Å². The Morgan fingerprint density at radius 3 is 2.36 bits per heavy atom. The lowest BCUT2D eigenvalue weighted by atomic mass is 10.0. The number of carbonyl (C=O) groups excluding carboxylic acids is 1. The summed E-state index contributed by atoms with van der Waals surface area (Å²) in [5.74, 6) is 0.0858. The molecule has 25 heavy (non-hydrogen) atoms. The normalized spacial score (nSPS) is 9.76. The summed E-state index contributed by atoms with van der Waals surface area (Å²) < 4.78 is 5.36. The average molecular weight is 428 g/mol. The van der Waals surface area contributed by atoms with Crippen molar-refractivity contribution in [2.45, 2.75) is 6.54 Å². The number of halogens is 4. The molecule has 2 aromatic rings. The molecule has 9 heteroatoms. The molecule has 0 aromatic heterocycles. The Kier molecular flexibility index (Phi) is 10.2. The number of hydrogen-bond donors (Lipinski definition) is 3. The summed E-state index contributed by atoms with van der Waals surface area (Å²) in [7, 11) is 0. The standard InChI is InChI=1S/C16H16Cl2N2O3.2ClH/c17-14-11(2-4-13(15(14)18)23-6-5-19)16(22)9-1-3-12(21)10(7-9)8-20;;/h1-4,7,21H,5-6,8,19-20H2;2*1H. The Hall–Kier alpha value is -1.21. The van der Waals surface area contributed by atoms with Crippen LogP contribution in [-0.4, -0.2) is 24.0 Å². The van der Waals surface area contributed by atoms with Gasteiger partial charge in [-0.2, -0.15) is 0 Å². The maximum atomic E-state index is 12.6. The molecule has 0 saturated carbocycles. The zero-order valence-corrected chi connectivity index (χ0v) is 16.1. The summed E-state index contributed by atoms with van der Waals surface area (Å²) in [5, 5.41) is 9.90. The van der Waals surface area contributed by atoms with Crippen LogP contribution in [0.3, 0.4) is 0 Å².